The van der Waals surface area contributed by atoms with Crippen molar-refractivity contribution < 1.29 is 4.74 Å². The van der Waals surface area contributed by atoms with E-state index in [1.54, 1.807) is 0 Å². The van der Waals surface area contributed by atoms with Crippen molar-refractivity contribution in [2.45, 2.75) is 51.5 Å². The van der Waals surface area contributed by atoms with Gasteiger partial charge in [0.1, 0.15) is 5.75 Å². The van der Waals surface area contributed by atoms with E-state index in [1.165, 1.54) is 31.4 Å². The number of benzene rings is 1. The van der Waals surface area contributed by atoms with E-state index in [4.69, 9.17) is 4.74 Å². The first kappa shape index (κ1) is 14.9. The molecular weight excluding hydrogens is 302 g/mol. The number of rotatable bonds is 5. The molecular formula is C16H24BrNO. The molecule has 1 N–H and O–H groups in total. The minimum atomic E-state index is 0.486. The third-order valence-corrected chi connectivity index (χ3v) is 4.22. The van der Waals surface area contributed by atoms with E-state index in [0.717, 1.165) is 23.2 Å². The van der Waals surface area contributed by atoms with Crippen molar-refractivity contribution in [2.24, 2.45) is 0 Å². The third-order valence-electron chi connectivity index (χ3n) is 3.73. The predicted octanol–water partition coefficient (Wildman–Crippen LogP) is 4.48. The Bertz CT molecular complexity index is 400. The highest BCUT2D eigenvalue weighted by Crippen LogP contribution is 2.29. The highest BCUT2D eigenvalue weighted by molar-refractivity contribution is 9.10. The van der Waals surface area contributed by atoms with E-state index in [-0.39, 0.29) is 0 Å². The minimum Gasteiger partial charge on any atom is -0.493 e. The Hall–Kier alpha value is -0.540. The molecule has 1 saturated heterocycles. The predicted molar refractivity (Wildman–Crippen MR) is 84.0 cm³/mol. The molecule has 2 rings (SSSR count). The van der Waals surface area contributed by atoms with Crippen LogP contribution in [-0.4, -0.2) is 19.2 Å². The van der Waals surface area contributed by atoms with Gasteiger partial charge >= 0.3 is 0 Å². The van der Waals surface area contributed by atoms with Crippen LogP contribution in [0.4, 0.5) is 0 Å². The maximum atomic E-state index is 6.00. The fourth-order valence-electron chi connectivity index (χ4n) is 2.58. The smallest absolute Gasteiger partial charge is 0.122 e. The average molecular weight is 326 g/mol. The lowest BCUT2D eigenvalue weighted by Gasteiger charge is -2.23. The maximum absolute atomic E-state index is 6.00. The first-order chi connectivity index (χ1) is 9.16. The fraction of sp³-hybridized carbons (Fsp3) is 0.625. The molecule has 1 heterocycles. The van der Waals surface area contributed by atoms with Gasteiger partial charge in [0.25, 0.3) is 0 Å². The first-order valence-electron chi connectivity index (χ1n) is 7.32. The summed E-state index contributed by atoms with van der Waals surface area (Å²) in [6.45, 7) is 6.38. The lowest BCUT2D eigenvalue weighted by atomic mass is 10.0. The van der Waals surface area contributed by atoms with Crippen LogP contribution >= 0.6 is 15.9 Å². The molecule has 0 spiro atoms. The van der Waals surface area contributed by atoms with E-state index in [2.05, 4.69) is 53.3 Å². The van der Waals surface area contributed by atoms with Crippen molar-refractivity contribution in [3.63, 3.8) is 0 Å². The molecule has 0 saturated carbocycles. The van der Waals surface area contributed by atoms with Gasteiger partial charge in [-0.15, -0.1) is 0 Å². The summed E-state index contributed by atoms with van der Waals surface area (Å²) in [4.78, 5) is 0. The standard InChI is InChI=1S/C16H24BrNO/c1-12(2)15-11-13(17)6-7-16(15)19-10-8-14-5-3-4-9-18-14/h6-7,11-12,14,18H,3-5,8-10H2,1-2H3/t14-/m0/s1. The highest BCUT2D eigenvalue weighted by Gasteiger charge is 2.13. The molecule has 0 bridgehead atoms. The Morgan fingerprint density at radius 1 is 1.37 bits per heavy atom. The van der Waals surface area contributed by atoms with Gasteiger partial charge in [0.05, 0.1) is 6.61 Å². The zero-order valence-electron chi connectivity index (χ0n) is 11.9. The van der Waals surface area contributed by atoms with Crippen LogP contribution in [0.5, 0.6) is 5.75 Å². The van der Waals surface area contributed by atoms with Gasteiger partial charge < -0.3 is 10.1 Å². The van der Waals surface area contributed by atoms with Crippen molar-refractivity contribution >= 4 is 15.9 Å². The van der Waals surface area contributed by atoms with Gasteiger partial charge in [0.15, 0.2) is 0 Å². The third kappa shape index (κ3) is 4.50. The molecule has 3 heteroatoms. The van der Waals surface area contributed by atoms with Gasteiger partial charge in [-0.25, -0.2) is 0 Å². The molecule has 1 aliphatic heterocycles. The highest BCUT2D eigenvalue weighted by atomic mass is 79.9. The Labute approximate surface area is 125 Å². The zero-order chi connectivity index (χ0) is 13.7. The summed E-state index contributed by atoms with van der Waals surface area (Å²) >= 11 is 3.53. The molecule has 1 atom stereocenters. The van der Waals surface area contributed by atoms with Crippen LogP contribution in [0.25, 0.3) is 0 Å². The molecule has 0 radical (unpaired) electrons. The Balaban J connectivity index is 1.88. The van der Waals surface area contributed by atoms with Crippen LogP contribution in [0.3, 0.4) is 0 Å². The SMILES string of the molecule is CC(C)c1cc(Br)ccc1OCC[C@@H]1CCCCN1. The summed E-state index contributed by atoms with van der Waals surface area (Å²) in [5.41, 5.74) is 1.28. The number of halogens is 1. The first-order valence-corrected chi connectivity index (χ1v) is 8.11. The van der Waals surface area contributed by atoms with Crippen LogP contribution in [-0.2, 0) is 0 Å². The molecule has 19 heavy (non-hydrogen) atoms. The number of hydrogen-bond acceptors (Lipinski definition) is 2. The average Bonchev–Trinajstić information content (AvgIpc) is 2.41. The van der Waals surface area contributed by atoms with Crippen LogP contribution in [0.2, 0.25) is 0 Å². The summed E-state index contributed by atoms with van der Waals surface area (Å²) in [6, 6.07) is 6.94. The van der Waals surface area contributed by atoms with Crippen molar-refractivity contribution in [3.05, 3.63) is 28.2 Å². The lowest BCUT2D eigenvalue weighted by Crippen LogP contribution is -2.35. The summed E-state index contributed by atoms with van der Waals surface area (Å²) in [6.07, 6.45) is 5.07. The monoisotopic (exact) mass is 325 g/mol. The molecule has 0 aromatic heterocycles. The van der Waals surface area contributed by atoms with Crippen LogP contribution in [0.15, 0.2) is 22.7 Å². The van der Waals surface area contributed by atoms with E-state index in [0.29, 0.717) is 12.0 Å². The quantitative estimate of drug-likeness (QED) is 0.861. The number of hydrogen-bond donors (Lipinski definition) is 1. The van der Waals surface area contributed by atoms with Gasteiger partial charge in [-0.2, -0.15) is 0 Å². The van der Waals surface area contributed by atoms with E-state index >= 15 is 0 Å². The van der Waals surface area contributed by atoms with E-state index in [9.17, 15) is 0 Å². The summed E-state index contributed by atoms with van der Waals surface area (Å²) in [7, 11) is 0. The van der Waals surface area contributed by atoms with Crippen molar-refractivity contribution in [2.75, 3.05) is 13.2 Å². The molecule has 0 unspecified atom stereocenters. The Morgan fingerprint density at radius 3 is 2.89 bits per heavy atom. The molecule has 1 aromatic carbocycles. The molecule has 106 valence electrons. The lowest BCUT2D eigenvalue weighted by molar-refractivity contribution is 0.265. The van der Waals surface area contributed by atoms with Crippen molar-refractivity contribution in [1.82, 2.24) is 5.32 Å². The largest absolute Gasteiger partial charge is 0.493 e. The molecule has 1 aliphatic rings. The second-order valence-corrected chi connectivity index (χ2v) is 6.54. The van der Waals surface area contributed by atoms with Crippen LogP contribution in [0.1, 0.15) is 51.0 Å². The second kappa shape index (κ2) is 7.30. The Kier molecular flexibility index (Phi) is 5.71. The van der Waals surface area contributed by atoms with Crippen LogP contribution in [0, 0.1) is 0 Å². The van der Waals surface area contributed by atoms with E-state index in [1.807, 2.05) is 0 Å². The van der Waals surface area contributed by atoms with Gasteiger partial charge in [0.2, 0.25) is 0 Å². The molecule has 1 aromatic rings. The van der Waals surface area contributed by atoms with Gasteiger partial charge in [0, 0.05) is 10.5 Å². The number of piperidine rings is 1. The second-order valence-electron chi connectivity index (χ2n) is 5.62. The Morgan fingerprint density at radius 2 is 2.21 bits per heavy atom. The maximum Gasteiger partial charge on any atom is 0.122 e. The van der Waals surface area contributed by atoms with Gasteiger partial charge in [-0.1, -0.05) is 36.2 Å². The fourth-order valence-corrected chi connectivity index (χ4v) is 2.96. The molecule has 2 nitrogen and oxygen atoms in total. The van der Waals surface area contributed by atoms with E-state index < -0.39 is 0 Å². The summed E-state index contributed by atoms with van der Waals surface area (Å²) in [5, 5.41) is 3.56. The summed E-state index contributed by atoms with van der Waals surface area (Å²) < 4.78 is 7.12. The zero-order valence-corrected chi connectivity index (χ0v) is 13.5. The molecule has 0 aliphatic carbocycles. The molecule has 0 amide bonds. The topological polar surface area (TPSA) is 21.3 Å². The van der Waals surface area contributed by atoms with Gasteiger partial charge in [-0.3, -0.25) is 0 Å². The van der Waals surface area contributed by atoms with Crippen LogP contribution < -0.4 is 10.1 Å². The summed E-state index contributed by atoms with van der Waals surface area (Å²) in [5.74, 6) is 1.52. The van der Waals surface area contributed by atoms with Crippen molar-refractivity contribution in [1.29, 1.82) is 0 Å². The molecule has 1 fully saturated rings. The van der Waals surface area contributed by atoms with Gasteiger partial charge in [-0.05, 0) is 55.5 Å². The van der Waals surface area contributed by atoms with Crippen molar-refractivity contribution in [3.8, 4) is 5.75 Å². The number of nitrogens with one attached hydrogen (secondary N) is 1. The normalized spacial score (nSPS) is 19.7. The minimum absolute atomic E-state index is 0.486. The number of ether oxygens (including phenoxy) is 1.